The monoisotopic (exact) mass is 826 g/mol. The maximum absolute atomic E-state index is 14.0. The topological polar surface area (TPSA) is 156 Å². The number of hydrogen-bond acceptors (Lipinski definition) is 8. The Morgan fingerprint density at radius 3 is 1.58 bits per heavy atom. The van der Waals surface area contributed by atoms with Crippen molar-refractivity contribution in [2.75, 3.05) is 0 Å². The molecule has 10 nitrogen and oxygen atoms in total. The van der Waals surface area contributed by atoms with Crippen molar-refractivity contribution in [2.24, 2.45) is 0 Å². The number of aromatic hydroxyl groups is 1. The molecule has 0 unspecified atom stereocenters. The Morgan fingerprint density at radius 2 is 1.08 bits per heavy atom. The van der Waals surface area contributed by atoms with Crippen molar-refractivity contribution in [3.63, 3.8) is 0 Å². The lowest BCUT2D eigenvalue weighted by Gasteiger charge is -2.17. The van der Waals surface area contributed by atoms with Gasteiger partial charge in [0.25, 0.3) is 0 Å². The van der Waals surface area contributed by atoms with Crippen LogP contribution in [0.3, 0.4) is 0 Å². The average molecular weight is 827 g/mol. The number of hydrogen-bond donors (Lipinski definition) is 3. The molecule has 2 heterocycles. The molecule has 0 saturated heterocycles. The third-order valence-corrected chi connectivity index (χ3v) is 9.48. The fraction of sp³-hybridized carbons (Fsp3) is 0.220. The van der Waals surface area contributed by atoms with Crippen LogP contribution in [-0.2, 0) is 19.0 Å². The molecule has 7 rings (SSSR count). The summed E-state index contributed by atoms with van der Waals surface area (Å²) in [6.07, 6.45) is -1.23. The molecule has 0 bridgehead atoms. The normalized spacial score (nSPS) is 14.3. The van der Waals surface area contributed by atoms with Crippen molar-refractivity contribution in [2.45, 2.75) is 57.5 Å². The highest BCUT2D eigenvalue weighted by molar-refractivity contribution is 5.95. The fourth-order valence-electron chi connectivity index (χ4n) is 6.72. The second-order valence-corrected chi connectivity index (χ2v) is 13.2. The predicted molar refractivity (Wildman–Crippen MR) is 195 cm³/mol. The van der Waals surface area contributed by atoms with Crippen LogP contribution in [0.15, 0.2) is 79.4 Å². The van der Waals surface area contributed by atoms with Crippen molar-refractivity contribution in [3.8, 4) is 11.5 Å². The molecule has 5 aromatic rings. The van der Waals surface area contributed by atoms with Crippen LogP contribution in [0, 0.1) is 11.6 Å². The summed E-state index contributed by atoms with van der Waals surface area (Å²) >= 11 is 0. The first kappa shape index (κ1) is 41.9. The quantitative estimate of drug-likeness (QED) is 0.122. The first-order valence-corrected chi connectivity index (χ1v) is 17.7. The minimum atomic E-state index is -4.63. The molecule has 0 atom stereocenters. The number of rotatable bonds is 9. The summed E-state index contributed by atoms with van der Waals surface area (Å²) in [4.78, 5) is 38.1. The van der Waals surface area contributed by atoms with Crippen LogP contribution in [0.4, 0.5) is 35.1 Å². The first-order chi connectivity index (χ1) is 27.9. The minimum absolute atomic E-state index is 0.00685. The summed E-state index contributed by atoms with van der Waals surface area (Å²) in [5, 5.41) is 28.3. The molecule has 59 heavy (non-hydrogen) atoms. The second kappa shape index (κ2) is 17.0. The Morgan fingerprint density at radius 1 is 0.627 bits per heavy atom. The van der Waals surface area contributed by atoms with Gasteiger partial charge in [-0.1, -0.05) is 6.07 Å². The highest BCUT2D eigenvalue weighted by Crippen LogP contribution is 2.46. The van der Waals surface area contributed by atoms with Gasteiger partial charge in [-0.25, -0.2) is 28.3 Å². The molecule has 0 radical (unpaired) electrons. The van der Waals surface area contributed by atoms with Crippen molar-refractivity contribution in [1.82, 2.24) is 19.9 Å². The molecule has 0 amide bonds. The van der Waals surface area contributed by atoms with Crippen LogP contribution in [0.25, 0.3) is 22.3 Å². The number of aromatic carboxylic acids is 2. The largest absolute Gasteiger partial charge is 0.507 e. The van der Waals surface area contributed by atoms with Crippen molar-refractivity contribution in [1.29, 1.82) is 0 Å². The zero-order valence-corrected chi connectivity index (χ0v) is 30.3. The lowest BCUT2D eigenvalue weighted by atomic mass is 9.97. The Labute approximate surface area is 329 Å². The van der Waals surface area contributed by atoms with E-state index in [-0.39, 0.29) is 45.3 Å². The number of aromatic nitrogens is 4. The summed E-state index contributed by atoms with van der Waals surface area (Å²) in [5.74, 6) is -4.46. The van der Waals surface area contributed by atoms with E-state index in [4.69, 9.17) is 9.84 Å². The fourth-order valence-corrected chi connectivity index (χ4v) is 6.72. The third kappa shape index (κ3) is 9.54. The van der Waals surface area contributed by atoms with Gasteiger partial charge < -0.3 is 20.1 Å². The van der Waals surface area contributed by atoms with E-state index in [1.54, 1.807) is 0 Å². The van der Waals surface area contributed by atoms with Crippen LogP contribution in [0.1, 0.15) is 98.7 Å². The number of phenols is 1. The number of allylic oxidation sites excluding steroid dienone is 4. The molecule has 0 spiro atoms. The van der Waals surface area contributed by atoms with Gasteiger partial charge in [0.2, 0.25) is 0 Å². The van der Waals surface area contributed by atoms with E-state index in [1.165, 1.54) is 18.5 Å². The maximum Gasteiger partial charge on any atom is 0.416 e. The molecule has 2 aliphatic carbocycles. The molecule has 2 aliphatic rings. The van der Waals surface area contributed by atoms with Crippen LogP contribution in [-0.4, -0.2) is 47.2 Å². The Kier molecular flexibility index (Phi) is 12.1. The number of benzene rings is 3. The van der Waals surface area contributed by atoms with Crippen LogP contribution >= 0.6 is 0 Å². The zero-order valence-electron chi connectivity index (χ0n) is 30.3. The SMILES string of the molecule is O=C(O)c1cncc(C2=C(c3cc(C(F)(F)F)ccc3O)CCC2)n1.O=C(O)c1cncc(C2=C(c3cc(C(F)(F)F)ccc3OCc3c(F)cccc3F)CCC2)n1. The molecule has 306 valence electrons. The lowest BCUT2D eigenvalue weighted by molar-refractivity contribution is -0.138. The van der Waals surface area contributed by atoms with E-state index < -0.39 is 53.7 Å². The van der Waals surface area contributed by atoms with Gasteiger partial charge in [-0.3, -0.25) is 9.97 Å². The van der Waals surface area contributed by atoms with E-state index in [0.717, 1.165) is 60.9 Å². The van der Waals surface area contributed by atoms with Gasteiger partial charge in [-0.15, -0.1) is 0 Å². The van der Waals surface area contributed by atoms with Crippen molar-refractivity contribution in [3.05, 3.63) is 142 Å². The summed E-state index contributed by atoms with van der Waals surface area (Å²) in [5.41, 5.74) is 0.187. The van der Waals surface area contributed by atoms with Gasteiger partial charge in [0.1, 0.15) is 29.7 Å². The molecule has 0 aliphatic heterocycles. The predicted octanol–water partition coefficient (Wildman–Crippen LogP) is 10.1. The average Bonchev–Trinajstić information content (AvgIpc) is 3.89. The number of ether oxygens (including phenoxy) is 1. The summed E-state index contributed by atoms with van der Waals surface area (Å²) in [6.45, 7) is -0.534. The van der Waals surface area contributed by atoms with Gasteiger partial charge in [0.05, 0.1) is 52.9 Å². The summed E-state index contributed by atoms with van der Waals surface area (Å²) in [7, 11) is 0. The standard InChI is InChI=1S/C24H17F5N2O3.C17H13F3N2O3/c25-18-5-2-6-19(26)17(18)12-34-22-8-7-13(24(27,28)29)9-16(22)14-3-1-4-15(14)20-10-30-11-21(31-20)23(32)33;18-17(19,20)9-4-5-15(23)12(6-9)10-2-1-3-11(10)13-7-21-8-14(22-13)16(24)25/h2,5-11H,1,3-4,12H2,(H,32,33);4-8,23H,1-3H2,(H,24,25). The molecule has 18 heteroatoms. The molecular formula is C41H30F8N4O6. The number of halogens is 8. The summed E-state index contributed by atoms with van der Waals surface area (Å²) in [6, 6.07) is 8.91. The number of phenolic OH excluding ortho intramolecular Hbond substituents is 1. The van der Waals surface area contributed by atoms with Crippen LogP contribution in [0.5, 0.6) is 11.5 Å². The van der Waals surface area contributed by atoms with Crippen LogP contribution < -0.4 is 4.74 Å². The van der Waals surface area contributed by atoms with E-state index in [0.29, 0.717) is 66.5 Å². The highest BCUT2D eigenvalue weighted by Gasteiger charge is 2.34. The molecule has 0 fully saturated rings. The minimum Gasteiger partial charge on any atom is -0.507 e. The number of carbonyl (C=O) groups is 2. The van der Waals surface area contributed by atoms with Gasteiger partial charge in [-0.2, -0.15) is 26.3 Å². The smallest absolute Gasteiger partial charge is 0.416 e. The zero-order chi connectivity index (χ0) is 42.6. The summed E-state index contributed by atoms with van der Waals surface area (Å²) < 4.78 is 113. The number of alkyl halides is 6. The second-order valence-electron chi connectivity index (χ2n) is 13.2. The highest BCUT2D eigenvalue weighted by atomic mass is 19.4. The molecule has 3 aromatic carbocycles. The van der Waals surface area contributed by atoms with Crippen molar-refractivity contribution < 1.29 is 64.8 Å². The Bertz CT molecular complexity index is 2480. The molecule has 3 N–H and O–H groups in total. The number of carboxylic acids is 2. The van der Waals surface area contributed by atoms with Crippen molar-refractivity contribution >= 4 is 34.2 Å². The van der Waals surface area contributed by atoms with E-state index in [2.05, 4.69) is 19.9 Å². The molecule has 2 aromatic heterocycles. The lowest BCUT2D eigenvalue weighted by Crippen LogP contribution is -2.08. The van der Waals surface area contributed by atoms with Gasteiger partial charge in [0.15, 0.2) is 11.4 Å². The van der Waals surface area contributed by atoms with Gasteiger partial charge >= 0.3 is 24.3 Å². The van der Waals surface area contributed by atoms with E-state index >= 15 is 0 Å². The van der Waals surface area contributed by atoms with Crippen LogP contribution in [0.2, 0.25) is 0 Å². The molecule has 0 saturated carbocycles. The Balaban J connectivity index is 0.000000208. The third-order valence-electron chi connectivity index (χ3n) is 9.48. The van der Waals surface area contributed by atoms with E-state index in [9.17, 15) is 54.9 Å². The number of nitrogens with zero attached hydrogens (tertiary/aromatic N) is 4. The van der Waals surface area contributed by atoms with Gasteiger partial charge in [-0.05, 0) is 109 Å². The Hall–Kier alpha value is -6.72. The van der Waals surface area contributed by atoms with Gasteiger partial charge in [0, 0.05) is 11.1 Å². The maximum atomic E-state index is 14.0. The molecular weight excluding hydrogens is 796 g/mol. The number of carboxylic acid groups (broad SMARTS) is 2. The first-order valence-electron chi connectivity index (χ1n) is 17.7. The van der Waals surface area contributed by atoms with E-state index in [1.807, 2.05) is 0 Å².